The molecule has 1 aromatic heterocycles. The Morgan fingerprint density at radius 1 is 1.62 bits per heavy atom. The van der Waals surface area contributed by atoms with Crippen LogP contribution in [0.15, 0.2) is 11.4 Å². The Morgan fingerprint density at radius 2 is 2.31 bits per heavy atom. The zero-order chi connectivity index (χ0) is 12.2. The number of hydrogen-bond acceptors (Lipinski definition) is 3. The molecule has 0 saturated carbocycles. The average Bonchev–Trinajstić information content (AvgIpc) is 2.74. The van der Waals surface area contributed by atoms with Gasteiger partial charge < -0.3 is 10.4 Å². The van der Waals surface area contributed by atoms with Gasteiger partial charge in [-0.3, -0.25) is 4.79 Å². The molecule has 0 aliphatic rings. The van der Waals surface area contributed by atoms with E-state index in [1.54, 1.807) is 11.4 Å². The van der Waals surface area contributed by atoms with E-state index in [1.165, 1.54) is 11.3 Å². The normalized spacial score (nSPS) is 11.5. The summed E-state index contributed by atoms with van der Waals surface area (Å²) in [5.74, 6) is -3.78. The highest BCUT2D eigenvalue weighted by molar-refractivity contribution is 7.12. The Bertz CT molecular complexity index is 365. The summed E-state index contributed by atoms with van der Waals surface area (Å²) in [6.07, 6.45) is 0.683. The molecule has 3 nitrogen and oxygen atoms in total. The van der Waals surface area contributed by atoms with Gasteiger partial charge in [0.2, 0.25) is 0 Å². The number of carbonyl (C=O) groups is 1. The minimum atomic E-state index is -3.26. The number of amides is 1. The molecule has 0 fully saturated rings. The van der Waals surface area contributed by atoms with Gasteiger partial charge in [-0.15, -0.1) is 11.3 Å². The molecular formula is C10H13F2NO2S. The number of halogens is 2. The Labute approximate surface area is 96.1 Å². The van der Waals surface area contributed by atoms with E-state index in [-0.39, 0.29) is 0 Å². The van der Waals surface area contributed by atoms with Crippen molar-refractivity contribution in [3.8, 4) is 0 Å². The zero-order valence-electron chi connectivity index (χ0n) is 8.80. The van der Waals surface area contributed by atoms with Crippen LogP contribution in [0.2, 0.25) is 0 Å². The highest BCUT2D eigenvalue weighted by Gasteiger charge is 2.28. The third kappa shape index (κ3) is 3.24. The number of rotatable bonds is 5. The monoisotopic (exact) mass is 249 g/mol. The second-order valence-corrected chi connectivity index (χ2v) is 4.24. The smallest absolute Gasteiger partial charge is 0.287 e. The molecule has 1 amide bonds. The second-order valence-electron chi connectivity index (χ2n) is 3.33. The van der Waals surface area contributed by atoms with Crippen molar-refractivity contribution in [2.45, 2.75) is 19.3 Å². The second kappa shape index (κ2) is 5.36. The van der Waals surface area contributed by atoms with Gasteiger partial charge in [-0.05, 0) is 23.4 Å². The van der Waals surface area contributed by atoms with Gasteiger partial charge in [0, 0.05) is 0 Å². The lowest BCUT2D eigenvalue weighted by Crippen LogP contribution is -2.38. The molecule has 0 unspecified atom stereocenters. The molecule has 0 aliphatic heterocycles. The topological polar surface area (TPSA) is 49.3 Å². The molecule has 2 N–H and O–H groups in total. The van der Waals surface area contributed by atoms with Crippen molar-refractivity contribution in [3.05, 3.63) is 21.9 Å². The van der Waals surface area contributed by atoms with Crippen molar-refractivity contribution in [1.29, 1.82) is 0 Å². The van der Waals surface area contributed by atoms with Gasteiger partial charge in [-0.25, -0.2) is 8.78 Å². The molecule has 0 bridgehead atoms. The minimum absolute atomic E-state index is 0.455. The van der Waals surface area contributed by atoms with Crippen LogP contribution in [0.3, 0.4) is 0 Å². The number of aliphatic hydroxyl groups is 1. The van der Waals surface area contributed by atoms with Crippen molar-refractivity contribution in [3.63, 3.8) is 0 Å². The maximum atomic E-state index is 12.7. The first kappa shape index (κ1) is 13.1. The van der Waals surface area contributed by atoms with Crippen LogP contribution in [-0.2, 0) is 6.42 Å². The average molecular weight is 249 g/mol. The van der Waals surface area contributed by atoms with Crippen molar-refractivity contribution < 1.29 is 18.7 Å². The molecule has 0 radical (unpaired) electrons. The predicted molar refractivity (Wildman–Crippen MR) is 58.1 cm³/mol. The summed E-state index contributed by atoms with van der Waals surface area (Å²) in [5, 5.41) is 12.2. The molecule has 1 rings (SSSR count). The first-order valence-electron chi connectivity index (χ1n) is 4.83. The molecule has 0 aliphatic carbocycles. The van der Waals surface area contributed by atoms with Gasteiger partial charge >= 0.3 is 0 Å². The van der Waals surface area contributed by atoms with Gasteiger partial charge in [0.15, 0.2) is 0 Å². The summed E-state index contributed by atoms with van der Waals surface area (Å²) >= 11 is 1.22. The van der Waals surface area contributed by atoms with Crippen LogP contribution >= 0.6 is 11.3 Å². The number of aryl methyl sites for hydroxylation is 1. The molecule has 1 aromatic rings. The van der Waals surface area contributed by atoms with Crippen LogP contribution in [0.1, 0.15) is 22.2 Å². The number of carbonyl (C=O) groups excluding carboxylic acids is 1. The third-order valence-electron chi connectivity index (χ3n) is 2.07. The quantitative estimate of drug-likeness (QED) is 0.834. The van der Waals surface area contributed by atoms with E-state index in [0.29, 0.717) is 11.3 Å². The summed E-state index contributed by atoms with van der Waals surface area (Å²) in [4.78, 5) is 12.0. The summed E-state index contributed by atoms with van der Waals surface area (Å²) < 4.78 is 25.4. The van der Waals surface area contributed by atoms with E-state index >= 15 is 0 Å². The number of aliphatic hydroxyl groups excluding tert-OH is 1. The lowest BCUT2D eigenvalue weighted by molar-refractivity contribution is -0.0461. The molecule has 0 spiro atoms. The summed E-state index contributed by atoms with van der Waals surface area (Å²) in [5.41, 5.74) is 0.842. The van der Waals surface area contributed by atoms with Gasteiger partial charge in [0.1, 0.15) is 6.61 Å². The molecule has 0 saturated heterocycles. The van der Waals surface area contributed by atoms with Crippen LogP contribution in [0.5, 0.6) is 0 Å². The molecule has 90 valence electrons. The Kier molecular flexibility index (Phi) is 4.37. The highest BCUT2D eigenvalue weighted by Crippen LogP contribution is 2.17. The van der Waals surface area contributed by atoms with E-state index in [2.05, 4.69) is 5.32 Å². The highest BCUT2D eigenvalue weighted by atomic mass is 32.1. The summed E-state index contributed by atoms with van der Waals surface area (Å²) in [7, 11) is 0. The summed E-state index contributed by atoms with van der Waals surface area (Å²) in [6, 6.07) is 1.80. The van der Waals surface area contributed by atoms with Gasteiger partial charge in [0.25, 0.3) is 11.8 Å². The number of nitrogens with one attached hydrogen (secondary N) is 1. The molecular weight excluding hydrogens is 236 g/mol. The van der Waals surface area contributed by atoms with Crippen LogP contribution in [0.4, 0.5) is 8.78 Å². The SMILES string of the molecule is CCc1ccsc1C(=O)NCC(F)(F)CO. The first-order valence-corrected chi connectivity index (χ1v) is 5.71. The number of hydrogen-bond donors (Lipinski definition) is 2. The largest absolute Gasteiger partial charge is 0.390 e. The van der Waals surface area contributed by atoms with Crippen molar-refractivity contribution in [2.24, 2.45) is 0 Å². The van der Waals surface area contributed by atoms with E-state index in [4.69, 9.17) is 5.11 Å². The Hall–Kier alpha value is -1.01. The van der Waals surface area contributed by atoms with Crippen molar-refractivity contribution >= 4 is 17.2 Å². The van der Waals surface area contributed by atoms with Crippen LogP contribution < -0.4 is 5.32 Å². The van der Waals surface area contributed by atoms with E-state index in [0.717, 1.165) is 5.56 Å². The van der Waals surface area contributed by atoms with Crippen molar-refractivity contribution in [2.75, 3.05) is 13.2 Å². The molecule has 16 heavy (non-hydrogen) atoms. The van der Waals surface area contributed by atoms with Gasteiger partial charge in [-0.1, -0.05) is 6.92 Å². The number of alkyl halides is 2. The number of thiophene rings is 1. The van der Waals surface area contributed by atoms with Crippen LogP contribution in [0.25, 0.3) is 0 Å². The molecule has 0 aromatic carbocycles. The van der Waals surface area contributed by atoms with Crippen LogP contribution in [-0.4, -0.2) is 30.1 Å². The zero-order valence-corrected chi connectivity index (χ0v) is 9.61. The Morgan fingerprint density at radius 3 is 2.88 bits per heavy atom. The molecule has 0 atom stereocenters. The van der Waals surface area contributed by atoms with E-state index in [1.807, 2.05) is 6.92 Å². The van der Waals surface area contributed by atoms with Gasteiger partial charge in [-0.2, -0.15) is 0 Å². The third-order valence-corrected chi connectivity index (χ3v) is 3.03. The van der Waals surface area contributed by atoms with E-state index < -0.39 is 25.0 Å². The maximum absolute atomic E-state index is 12.7. The first-order chi connectivity index (χ1) is 7.50. The standard InChI is InChI=1S/C10H13F2NO2S/c1-2-7-3-4-16-8(7)9(15)13-5-10(11,12)6-14/h3-4,14H,2,5-6H2,1H3,(H,13,15). The van der Waals surface area contributed by atoms with E-state index in [9.17, 15) is 13.6 Å². The lowest BCUT2D eigenvalue weighted by Gasteiger charge is -2.13. The maximum Gasteiger partial charge on any atom is 0.287 e. The predicted octanol–water partition coefficient (Wildman–Crippen LogP) is 1.67. The Balaban J connectivity index is 2.60. The van der Waals surface area contributed by atoms with Gasteiger partial charge in [0.05, 0.1) is 11.4 Å². The molecule has 1 heterocycles. The fourth-order valence-corrected chi connectivity index (χ4v) is 2.07. The summed E-state index contributed by atoms with van der Waals surface area (Å²) in [6.45, 7) is -0.219. The fourth-order valence-electron chi connectivity index (χ4n) is 1.16. The fraction of sp³-hybridized carbons (Fsp3) is 0.500. The minimum Gasteiger partial charge on any atom is -0.390 e. The van der Waals surface area contributed by atoms with Crippen LogP contribution in [0, 0.1) is 0 Å². The van der Waals surface area contributed by atoms with Crippen molar-refractivity contribution in [1.82, 2.24) is 5.32 Å². The molecule has 6 heteroatoms. The lowest BCUT2D eigenvalue weighted by atomic mass is 10.2.